The van der Waals surface area contributed by atoms with Crippen LogP contribution in [0.1, 0.15) is 28.1 Å². The van der Waals surface area contributed by atoms with Crippen LogP contribution in [0.4, 0.5) is 0 Å². The van der Waals surface area contributed by atoms with Crippen molar-refractivity contribution in [1.29, 1.82) is 0 Å². The highest BCUT2D eigenvalue weighted by molar-refractivity contribution is 5.79. The molecule has 6 nitrogen and oxygen atoms in total. The van der Waals surface area contributed by atoms with E-state index in [4.69, 9.17) is 4.74 Å². The zero-order chi connectivity index (χ0) is 18.4. The second kappa shape index (κ2) is 8.55. The Kier molecular flexibility index (Phi) is 6.44. The van der Waals surface area contributed by atoms with Gasteiger partial charge in [0.05, 0.1) is 12.2 Å². The van der Waals surface area contributed by atoms with Crippen molar-refractivity contribution in [1.82, 2.24) is 20.4 Å². The molecular formula is C19H29N5O. The Balaban J connectivity index is 1.78. The maximum absolute atomic E-state index is 5.81. The van der Waals surface area contributed by atoms with Crippen LogP contribution in [0.3, 0.4) is 0 Å². The minimum atomic E-state index is 0.578. The number of nitrogens with one attached hydrogen (secondary N) is 2. The van der Waals surface area contributed by atoms with Gasteiger partial charge in [-0.15, -0.1) is 0 Å². The molecule has 0 unspecified atom stereocenters. The molecule has 0 saturated carbocycles. The number of nitrogens with zero attached hydrogens (tertiary/aromatic N) is 3. The van der Waals surface area contributed by atoms with Crippen molar-refractivity contribution in [2.45, 2.75) is 34.2 Å². The third-order valence-corrected chi connectivity index (χ3v) is 4.17. The van der Waals surface area contributed by atoms with E-state index in [-0.39, 0.29) is 0 Å². The molecule has 1 heterocycles. The number of benzene rings is 1. The standard InChI is InChI=1S/C19H29N5O/c1-13-9-14(2)11-17(10-13)25-8-7-21-19(20-5)22-12-18-15(3)23-24(6)16(18)4/h9-11H,7-8,12H2,1-6H3,(H2,20,21,22). The number of hydrogen-bond acceptors (Lipinski definition) is 3. The van der Waals surface area contributed by atoms with Crippen molar-refractivity contribution in [3.8, 4) is 5.75 Å². The molecule has 2 rings (SSSR count). The summed E-state index contributed by atoms with van der Waals surface area (Å²) in [6, 6.07) is 6.24. The normalized spacial score (nSPS) is 11.5. The number of rotatable bonds is 6. The van der Waals surface area contributed by atoms with Crippen molar-refractivity contribution in [2.24, 2.45) is 12.0 Å². The molecule has 25 heavy (non-hydrogen) atoms. The van der Waals surface area contributed by atoms with Gasteiger partial charge < -0.3 is 15.4 Å². The Morgan fingerprint density at radius 1 is 1.12 bits per heavy atom. The Morgan fingerprint density at radius 3 is 2.36 bits per heavy atom. The lowest BCUT2D eigenvalue weighted by molar-refractivity contribution is 0.321. The first-order valence-electron chi connectivity index (χ1n) is 8.55. The largest absolute Gasteiger partial charge is 0.492 e. The average Bonchev–Trinajstić information content (AvgIpc) is 2.79. The van der Waals surface area contributed by atoms with E-state index in [1.807, 2.05) is 30.8 Å². The molecule has 0 aliphatic rings. The molecule has 0 aliphatic heterocycles. The van der Waals surface area contributed by atoms with Crippen LogP contribution < -0.4 is 15.4 Å². The highest BCUT2D eigenvalue weighted by Crippen LogP contribution is 2.15. The minimum Gasteiger partial charge on any atom is -0.492 e. The lowest BCUT2D eigenvalue weighted by atomic mass is 10.1. The molecule has 0 radical (unpaired) electrons. The van der Waals surface area contributed by atoms with E-state index in [2.05, 4.69) is 47.6 Å². The van der Waals surface area contributed by atoms with Gasteiger partial charge in [0.25, 0.3) is 0 Å². The fourth-order valence-electron chi connectivity index (χ4n) is 2.82. The highest BCUT2D eigenvalue weighted by atomic mass is 16.5. The van der Waals surface area contributed by atoms with Gasteiger partial charge in [-0.3, -0.25) is 9.67 Å². The smallest absolute Gasteiger partial charge is 0.191 e. The number of guanidine groups is 1. The first-order chi connectivity index (χ1) is 11.9. The fraction of sp³-hybridized carbons (Fsp3) is 0.474. The topological polar surface area (TPSA) is 63.5 Å². The van der Waals surface area contributed by atoms with Crippen molar-refractivity contribution in [3.05, 3.63) is 46.3 Å². The van der Waals surface area contributed by atoms with Crippen molar-refractivity contribution >= 4 is 5.96 Å². The predicted octanol–water partition coefficient (Wildman–Crippen LogP) is 2.40. The Bertz CT molecular complexity index is 728. The van der Waals surface area contributed by atoms with E-state index in [1.165, 1.54) is 22.4 Å². The summed E-state index contributed by atoms with van der Waals surface area (Å²) in [6.45, 7) is 10.2. The summed E-state index contributed by atoms with van der Waals surface area (Å²) in [5.41, 5.74) is 5.84. The molecule has 0 spiro atoms. The zero-order valence-corrected chi connectivity index (χ0v) is 16.1. The summed E-state index contributed by atoms with van der Waals surface area (Å²) in [7, 11) is 3.73. The lowest BCUT2D eigenvalue weighted by Crippen LogP contribution is -2.39. The van der Waals surface area contributed by atoms with E-state index in [0.717, 1.165) is 17.4 Å². The van der Waals surface area contributed by atoms with Crippen molar-refractivity contribution in [3.63, 3.8) is 0 Å². The van der Waals surface area contributed by atoms with Crippen LogP contribution in [0.15, 0.2) is 23.2 Å². The summed E-state index contributed by atoms with van der Waals surface area (Å²) in [5, 5.41) is 11.0. The van der Waals surface area contributed by atoms with Crippen LogP contribution in [-0.2, 0) is 13.6 Å². The molecule has 0 atom stereocenters. The van der Waals surface area contributed by atoms with Crippen LogP contribution in [0.5, 0.6) is 5.75 Å². The Morgan fingerprint density at radius 2 is 1.80 bits per heavy atom. The van der Waals surface area contributed by atoms with E-state index >= 15 is 0 Å². The molecule has 0 amide bonds. The summed E-state index contributed by atoms with van der Waals surface area (Å²) in [5.74, 6) is 1.66. The predicted molar refractivity (Wildman–Crippen MR) is 102 cm³/mol. The second-order valence-electron chi connectivity index (χ2n) is 6.30. The van der Waals surface area contributed by atoms with Crippen LogP contribution in [0.2, 0.25) is 0 Å². The molecule has 0 fully saturated rings. The van der Waals surface area contributed by atoms with Gasteiger partial charge >= 0.3 is 0 Å². The van der Waals surface area contributed by atoms with Gasteiger partial charge in [-0.1, -0.05) is 6.07 Å². The van der Waals surface area contributed by atoms with E-state index < -0.39 is 0 Å². The van der Waals surface area contributed by atoms with E-state index in [9.17, 15) is 0 Å². The molecule has 6 heteroatoms. The first kappa shape index (κ1) is 18.8. The third-order valence-electron chi connectivity index (χ3n) is 4.17. The van der Waals surface area contributed by atoms with Gasteiger partial charge in [0.2, 0.25) is 0 Å². The maximum Gasteiger partial charge on any atom is 0.191 e. The van der Waals surface area contributed by atoms with Gasteiger partial charge in [-0.2, -0.15) is 5.10 Å². The van der Waals surface area contributed by atoms with Gasteiger partial charge in [-0.25, -0.2) is 0 Å². The van der Waals surface area contributed by atoms with Crippen LogP contribution >= 0.6 is 0 Å². The van der Waals surface area contributed by atoms with Crippen molar-refractivity contribution < 1.29 is 4.74 Å². The number of aliphatic imine (C=N–C) groups is 1. The average molecular weight is 343 g/mol. The summed E-state index contributed by atoms with van der Waals surface area (Å²) >= 11 is 0. The molecule has 2 aromatic rings. The zero-order valence-electron chi connectivity index (χ0n) is 16.1. The van der Waals surface area contributed by atoms with E-state index in [1.54, 1.807) is 7.05 Å². The third kappa shape index (κ3) is 5.24. The molecule has 1 aromatic heterocycles. The summed E-state index contributed by atoms with van der Waals surface area (Å²) in [4.78, 5) is 4.25. The van der Waals surface area contributed by atoms with Gasteiger partial charge in [0, 0.05) is 31.9 Å². The molecule has 0 bridgehead atoms. The molecule has 1 aromatic carbocycles. The van der Waals surface area contributed by atoms with Crippen LogP contribution in [-0.4, -0.2) is 35.9 Å². The first-order valence-corrected chi connectivity index (χ1v) is 8.55. The quantitative estimate of drug-likeness (QED) is 0.480. The maximum atomic E-state index is 5.81. The highest BCUT2D eigenvalue weighted by Gasteiger charge is 2.09. The second-order valence-corrected chi connectivity index (χ2v) is 6.30. The summed E-state index contributed by atoms with van der Waals surface area (Å²) in [6.07, 6.45) is 0. The van der Waals surface area contributed by atoms with Crippen LogP contribution in [0, 0.1) is 27.7 Å². The molecule has 0 aliphatic carbocycles. The molecule has 0 saturated heterocycles. The van der Waals surface area contributed by atoms with Gasteiger partial charge in [0.15, 0.2) is 5.96 Å². The Hall–Kier alpha value is -2.50. The monoisotopic (exact) mass is 343 g/mol. The van der Waals surface area contributed by atoms with Gasteiger partial charge in [-0.05, 0) is 51.0 Å². The molecule has 2 N–H and O–H groups in total. The van der Waals surface area contributed by atoms with Crippen LogP contribution in [0.25, 0.3) is 0 Å². The SMILES string of the molecule is CN=C(NCCOc1cc(C)cc(C)c1)NCc1c(C)nn(C)c1C. The molecule has 136 valence electrons. The summed E-state index contributed by atoms with van der Waals surface area (Å²) < 4.78 is 7.71. The van der Waals surface area contributed by atoms with Crippen molar-refractivity contribution in [2.75, 3.05) is 20.2 Å². The fourth-order valence-corrected chi connectivity index (χ4v) is 2.82. The number of aromatic nitrogens is 2. The molecular weight excluding hydrogens is 314 g/mol. The lowest BCUT2D eigenvalue weighted by Gasteiger charge is -2.13. The van der Waals surface area contributed by atoms with E-state index in [0.29, 0.717) is 19.7 Å². The minimum absolute atomic E-state index is 0.578. The van der Waals surface area contributed by atoms with Gasteiger partial charge in [0.1, 0.15) is 12.4 Å². The number of ether oxygens (including phenoxy) is 1. The number of aryl methyl sites for hydroxylation is 4. The Labute approximate surface area is 150 Å². The number of hydrogen-bond donors (Lipinski definition) is 2.